The summed E-state index contributed by atoms with van der Waals surface area (Å²) >= 11 is 0. The molecule has 2 heteroatoms. The highest BCUT2D eigenvalue weighted by Gasteiger charge is 1.77. The van der Waals surface area contributed by atoms with Gasteiger partial charge in [0.1, 0.15) is 0 Å². The summed E-state index contributed by atoms with van der Waals surface area (Å²) in [5.41, 5.74) is 1.13. The maximum atomic E-state index is 3.74. The molecule has 0 aromatic heterocycles. The molecule has 0 amide bonds. The Labute approximate surface area is 56.6 Å². The zero-order chi connectivity index (χ0) is 7.11. The lowest BCUT2D eigenvalue weighted by Gasteiger charge is -1.96. The van der Waals surface area contributed by atoms with Crippen LogP contribution in [0.25, 0.3) is 0 Å². The van der Waals surface area contributed by atoms with E-state index in [0.29, 0.717) is 0 Å². The first-order chi connectivity index (χ1) is 4.27. The molecule has 0 fully saturated rings. The van der Waals surface area contributed by atoms with Crippen LogP contribution in [-0.4, -0.2) is 13.6 Å². The molecule has 0 spiro atoms. The fraction of sp³-hybridized carbons (Fsp3) is 0.429. The van der Waals surface area contributed by atoms with Crippen molar-refractivity contribution in [2.24, 2.45) is 0 Å². The second-order valence-electron chi connectivity index (χ2n) is 1.96. The smallest absolute Gasteiger partial charge is 0.0349 e. The molecule has 0 aliphatic heterocycles. The van der Waals surface area contributed by atoms with E-state index < -0.39 is 0 Å². The zero-order valence-corrected chi connectivity index (χ0v) is 6.07. The Kier molecular flexibility index (Phi) is 4.69. The summed E-state index contributed by atoms with van der Waals surface area (Å²) in [4.78, 5) is 0. The maximum absolute atomic E-state index is 3.74. The van der Waals surface area contributed by atoms with Crippen molar-refractivity contribution in [3.05, 3.63) is 24.6 Å². The van der Waals surface area contributed by atoms with Crippen LogP contribution in [0.1, 0.15) is 6.92 Å². The molecule has 0 heterocycles. The molecule has 0 aromatic rings. The van der Waals surface area contributed by atoms with Crippen LogP contribution < -0.4 is 10.6 Å². The largest absolute Gasteiger partial charge is 0.393 e. The lowest BCUT2D eigenvalue weighted by Crippen LogP contribution is -2.08. The molecule has 0 atom stereocenters. The van der Waals surface area contributed by atoms with Gasteiger partial charge < -0.3 is 10.6 Å². The molecule has 0 unspecified atom stereocenters. The fourth-order valence-corrected chi connectivity index (χ4v) is 0.375. The van der Waals surface area contributed by atoms with E-state index in [-0.39, 0.29) is 0 Å². The number of hydrogen-bond acceptors (Lipinski definition) is 2. The third kappa shape index (κ3) is 7.08. The first-order valence-corrected chi connectivity index (χ1v) is 2.97. The van der Waals surface area contributed by atoms with Crippen molar-refractivity contribution in [2.75, 3.05) is 13.6 Å². The maximum Gasteiger partial charge on any atom is 0.0349 e. The summed E-state index contributed by atoms with van der Waals surface area (Å²) in [6.45, 7) is 6.57. The number of rotatable bonds is 4. The standard InChI is InChI=1S/C7H14N2/c1-7(2)6-9-5-4-8-3/h4-5,8-9H,1,6H2,2-3H3/b5-4-. The van der Waals surface area contributed by atoms with E-state index in [2.05, 4.69) is 17.2 Å². The van der Waals surface area contributed by atoms with Gasteiger partial charge in [0.25, 0.3) is 0 Å². The normalized spacial score (nSPS) is 9.56. The molecule has 0 aromatic carbocycles. The summed E-state index contributed by atoms with van der Waals surface area (Å²) in [5, 5.41) is 5.91. The Hall–Kier alpha value is -0.920. The molecule has 0 aliphatic rings. The second-order valence-corrected chi connectivity index (χ2v) is 1.96. The second kappa shape index (κ2) is 5.22. The van der Waals surface area contributed by atoms with Gasteiger partial charge >= 0.3 is 0 Å². The van der Waals surface area contributed by atoms with E-state index in [1.54, 1.807) is 0 Å². The van der Waals surface area contributed by atoms with Gasteiger partial charge in [-0.05, 0) is 6.92 Å². The Morgan fingerprint density at radius 1 is 1.56 bits per heavy atom. The van der Waals surface area contributed by atoms with Gasteiger partial charge in [-0.25, -0.2) is 0 Å². The summed E-state index contributed by atoms with van der Waals surface area (Å²) < 4.78 is 0. The minimum Gasteiger partial charge on any atom is -0.393 e. The van der Waals surface area contributed by atoms with Crippen LogP contribution in [-0.2, 0) is 0 Å². The van der Waals surface area contributed by atoms with Crippen LogP contribution in [0.5, 0.6) is 0 Å². The van der Waals surface area contributed by atoms with Crippen molar-refractivity contribution in [3.8, 4) is 0 Å². The van der Waals surface area contributed by atoms with E-state index in [9.17, 15) is 0 Å². The van der Waals surface area contributed by atoms with Crippen LogP contribution in [0.15, 0.2) is 24.6 Å². The first kappa shape index (κ1) is 8.08. The molecular weight excluding hydrogens is 112 g/mol. The van der Waals surface area contributed by atoms with Crippen molar-refractivity contribution in [1.29, 1.82) is 0 Å². The van der Waals surface area contributed by atoms with E-state index in [1.807, 2.05) is 26.4 Å². The molecule has 52 valence electrons. The molecule has 2 N–H and O–H groups in total. The van der Waals surface area contributed by atoms with E-state index >= 15 is 0 Å². The first-order valence-electron chi connectivity index (χ1n) is 2.97. The van der Waals surface area contributed by atoms with Crippen molar-refractivity contribution in [2.45, 2.75) is 6.92 Å². The lowest BCUT2D eigenvalue weighted by molar-refractivity contribution is 0.922. The predicted octanol–water partition coefficient (Wildman–Crippen LogP) is 0.843. The average molecular weight is 126 g/mol. The minimum atomic E-state index is 0.845. The Morgan fingerprint density at radius 3 is 2.67 bits per heavy atom. The van der Waals surface area contributed by atoms with Gasteiger partial charge in [0.05, 0.1) is 0 Å². The van der Waals surface area contributed by atoms with Crippen LogP contribution in [0, 0.1) is 0 Å². The monoisotopic (exact) mass is 126 g/mol. The quantitative estimate of drug-likeness (QED) is 0.545. The molecule has 0 aliphatic carbocycles. The van der Waals surface area contributed by atoms with Crippen LogP contribution in [0.4, 0.5) is 0 Å². The lowest BCUT2D eigenvalue weighted by atomic mass is 10.3. The van der Waals surface area contributed by atoms with Gasteiger partial charge in [-0.1, -0.05) is 12.2 Å². The topological polar surface area (TPSA) is 24.1 Å². The Balaban J connectivity index is 3.09. The van der Waals surface area contributed by atoms with Crippen molar-refractivity contribution in [3.63, 3.8) is 0 Å². The Morgan fingerprint density at radius 2 is 2.22 bits per heavy atom. The third-order valence-corrected chi connectivity index (χ3v) is 0.772. The van der Waals surface area contributed by atoms with Gasteiger partial charge in [0.2, 0.25) is 0 Å². The van der Waals surface area contributed by atoms with Gasteiger partial charge in [-0.3, -0.25) is 0 Å². The van der Waals surface area contributed by atoms with Crippen LogP contribution in [0.2, 0.25) is 0 Å². The highest BCUT2D eigenvalue weighted by atomic mass is 14.9. The SMILES string of the molecule is C=C(C)CN/C=C\NC. The summed E-state index contributed by atoms with van der Waals surface area (Å²) in [6.07, 6.45) is 3.69. The molecule has 9 heavy (non-hydrogen) atoms. The zero-order valence-electron chi connectivity index (χ0n) is 6.07. The highest BCUT2D eigenvalue weighted by Crippen LogP contribution is 1.79. The van der Waals surface area contributed by atoms with Crippen molar-refractivity contribution in [1.82, 2.24) is 10.6 Å². The van der Waals surface area contributed by atoms with Crippen LogP contribution >= 0.6 is 0 Å². The summed E-state index contributed by atoms with van der Waals surface area (Å²) in [5.74, 6) is 0. The summed E-state index contributed by atoms with van der Waals surface area (Å²) in [6, 6.07) is 0. The molecular formula is C7H14N2. The van der Waals surface area contributed by atoms with Gasteiger partial charge in [-0.15, -0.1) is 0 Å². The highest BCUT2D eigenvalue weighted by molar-refractivity contribution is 4.93. The van der Waals surface area contributed by atoms with Gasteiger partial charge in [0.15, 0.2) is 0 Å². The number of hydrogen-bond donors (Lipinski definition) is 2. The molecule has 0 rings (SSSR count). The molecule has 0 radical (unpaired) electrons. The minimum absolute atomic E-state index is 0.845. The fourth-order valence-electron chi connectivity index (χ4n) is 0.375. The number of nitrogens with one attached hydrogen (secondary N) is 2. The molecule has 0 saturated heterocycles. The molecule has 2 nitrogen and oxygen atoms in total. The van der Waals surface area contributed by atoms with Crippen LogP contribution in [0.3, 0.4) is 0 Å². The van der Waals surface area contributed by atoms with Gasteiger partial charge in [-0.2, -0.15) is 0 Å². The average Bonchev–Trinajstić information content (AvgIpc) is 1.80. The van der Waals surface area contributed by atoms with E-state index in [0.717, 1.165) is 12.1 Å². The molecule has 0 bridgehead atoms. The Bertz CT molecular complexity index is 105. The van der Waals surface area contributed by atoms with E-state index in [1.165, 1.54) is 0 Å². The van der Waals surface area contributed by atoms with Crippen molar-refractivity contribution >= 4 is 0 Å². The van der Waals surface area contributed by atoms with E-state index in [4.69, 9.17) is 0 Å². The predicted molar refractivity (Wildman–Crippen MR) is 41.0 cm³/mol. The summed E-state index contributed by atoms with van der Waals surface area (Å²) in [7, 11) is 1.86. The third-order valence-electron chi connectivity index (χ3n) is 0.772. The molecule has 0 saturated carbocycles. The van der Waals surface area contributed by atoms with Crippen molar-refractivity contribution < 1.29 is 0 Å². The van der Waals surface area contributed by atoms with Gasteiger partial charge in [0, 0.05) is 26.0 Å².